The lowest BCUT2D eigenvalue weighted by Crippen LogP contribution is -2.28. The molecule has 1 aromatic carbocycles. The molecule has 0 unspecified atom stereocenters. The van der Waals surface area contributed by atoms with Gasteiger partial charge in [-0.3, -0.25) is 14.6 Å². The number of benzene rings is 1. The zero-order valence-electron chi connectivity index (χ0n) is 19.7. The van der Waals surface area contributed by atoms with Gasteiger partial charge in [0.2, 0.25) is 5.91 Å². The van der Waals surface area contributed by atoms with Gasteiger partial charge in [0.1, 0.15) is 17.3 Å². The van der Waals surface area contributed by atoms with Crippen molar-refractivity contribution in [2.75, 3.05) is 18.4 Å². The number of fused-ring (bicyclic) bond motifs is 1. The molecule has 1 aliphatic rings. The number of hydrogen-bond donors (Lipinski definition) is 2. The first-order valence-electron chi connectivity index (χ1n) is 11.6. The summed E-state index contributed by atoms with van der Waals surface area (Å²) in [5.74, 6) is 0.487. The van der Waals surface area contributed by atoms with Crippen LogP contribution in [0.25, 0.3) is 10.2 Å². The average molecular weight is 543 g/mol. The van der Waals surface area contributed by atoms with Gasteiger partial charge in [-0.25, -0.2) is 4.98 Å². The number of rotatable bonds is 6. The van der Waals surface area contributed by atoms with Crippen molar-refractivity contribution in [3.8, 4) is 11.5 Å². The molecule has 196 valence electrons. The number of pyridine rings is 2. The molecule has 5 rings (SSSR count). The van der Waals surface area contributed by atoms with E-state index in [0.29, 0.717) is 57.9 Å². The number of carbonyl (C=O) groups excluding carboxylic acids is 2. The maximum absolute atomic E-state index is 12.8. The van der Waals surface area contributed by atoms with E-state index in [1.165, 1.54) is 11.3 Å². The average Bonchev–Trinajstić information content (AvgIpc) is 3.51. The molecule has 2 N–H and O–H groups in total. The summed E-state index contributed by atoms with van der Waals surface area (Å²) in [6, 6.07) is 12.2. The van der Waals surface area contributed by atoms with Crippen molar-refractivity contribution >= 4 is 39.2 Å². The zero-order chi connectivity index (χ0) is 26.9. The minimum atomic E-state index is -4.50. The highest BCUT2D eigenvalue weighted by atomic mass is 32.1. The van der Waals surface area contributed by atoms with Gasteiger partial charge in [0, 0.05) is 31.5 Å². The third kappa shape index (κ3) is 5.76. The number of carbonyl (C=O) groups is 2. The van der Waals surface area contributed by atoms with Crippen LogP contribution in [0.2, 0.25) is 0 Å². The van der Waals surface area contributed by atoms with Crippen LogP contribution in [0.4, 0.5) is 19.0 Å². The molecular weight excluding hydrogens is 521 g/mol. The Balaban J connectivity index is 1.22. The number of likely N-dealkylation sites (tertiary alicyclic amines) is 1. The second kappa shape index (κ2) is 10.4. The highest BCUT2D eigenvalue weighted by molar-refractivity contribution is 7.21. The van der Waals surface area contributed by atoms with Crippen LogP contribution in [0.3, 0.4) is 0 Å². The summed E-state index contributed by atoms with van der Waals surface area (Å²) in [5, 5.41) is 12.2. The number of hydrogen-bond acceptors (Lipinski definition) is 7. The van der Waals surface area contributed by atoms with Gasteiger partial charge >= 0.3 is 6.18 Å². The molecule has 3 aromatic heterocycles. The van der Waals surface area contributed by atoms with Gasteiger partial charge < -0.3 is 20.1 Å². The van der Waals surface area contributed by atoms with Crippen molar-refractivity contribution in [3.05, 3.63) is 76.9 Å². The Morgan fingerprint density at radius 3 is 2.58 bits per heavy atom. The summed E-state index contributed by atoms with van der Waals surface area (Å²) < 4.78 is 44.7. The molecule has 1 fully saturated rings. The summed E-state index contributed by atoms with van der Waals surface area (Å²) in [6.07, 6.45) is -2.19. The van der Waals surface area contributed by atoms with E-state index in [1.54, 1.807) is 47.5 Å². The van der Waals surface area contributed by atoms with Crippen molar-refractivity contribution in [1.29, 1.82) is 0 Å². The molecule has 12 heteroatoms. The predicted octanol–water partition coefficient (Wildman–Crippen LogP) is 4.89. The van der Waals surface area contributed by atoms with E-state index in [4.69, 9.17) is 4.74 Å². The lowest BCUT2D eigenvalue weighted by Gasteiger charge is -2.13. The van der Waals surface area contributed by atoms with E-state index in [-0.39, 0.29) is 18.1 Å². The molecule has 4 aromatic rings. The Bertz CT molecular complexity index is 1470. The molecular formula is C26H21F3N4O4S. The Morgan fingerprint density at radius 1 is 1.13 bits per heavy atom. The number of ether oxygens (including phenoxy) is 1. The Morgan fingerprint density at radius 2 is 1.92 bits per heavy atom. The van der Waals surface area contributed by atoms with Crippen molar-refractivity contribution < 1.29 is 32.6 Å². The quantitative estimate of drug-likeness (QED) is 0.360. The minimum Gasteiger partial charge on any atom is -0.456 e. The van der Waals surface area contributed by atoms with E-state index in [0.717, 1.165) is 12.1 Å². The second-order valence-corrected chi connectivity index (χ2v) is 9.78. The van der Waals surface area contributed by atoms with Crippen LogP contribution in [-0.2, 0) is 17.4 Å². The van der Waals surface area contributed by atoms with Crippen LogP contribution in [0.5, 0.6) is 11.5 Å². The fraction of sp³-hybridized carbons (Fsp3) is 0.231. The molecule has 0 saturated carbocycles. The first-order valence-corrected chi connectivity index (χ1v) is 12.4. The number of nitrogens with one attached hydrogen (secondary N) is 1. The molecule has 4 heterocycles. The predicted molar refractivity (Wildman–Crippen MR) is 134 cm³/mol. The first kappa shape index (κ1) is 25.6. The Labute approximate surface area is 218 Å². The van der Waals surface area contributed by atoms with Gasteiger partial charge in [0.15, 0.2) is 0 Å². The fourth-order valence-corrected chi connectivity index (χ4v) is 5.03. The van der Waals surface area contributed by atoms with Crippen LogP contribution in [0.1, 0.15) is 27.2 Å². The van der Waals surface area contributed by atoms with Crippen LogP contribution in [-0.4, -0.2) is 51.0 Å². The molecule has 0 aliphatic carbocycles. The van der Waals surface area contributed by atoms with Gasteiger partial charge in [-0.1, -0.05) is 12.1 Å². The zero-order valence-corrected chi connectivity index (χ0v) is 20.6. The molecule has 0 bridgehead atoms. The highest BCUT2D eigenvalue weighted by Crippen LogP contribution is 2.36. The summed E-state index contributed by atoms with van der Waals surface area (Å²) in [4.78, 5) is 35.2. The summed E-state index contributed by atoms with van der Waals surface area (Å²) in [6.45, 7) is 0.825. The number of amides is 2. The van der Waals surface area contributed by atoms with E-state index in [1.807, 2.05) is 0 Å². The maximum Gasteiger partial charge on any atom is 0.417 e. The molecule has 2 amide bonds. The second-order valence-electron chi connectivity index (χ2n) is 8.73. The van der Waals surface area contributed by atoms with E-state index in [9.17, 15) is 27.9 Å². The standard InChI is InChI=1S/C26H21F3N4O4S/c27-26(28,29)16-3-6-22(31-13-16)32-23(35)11-15-1-4-18(5-2-15)37-20-7-9-30-19-12-21(38-24(19)20)25(36)33-10-8-17(34)14-33/h1-7,9,12-13,17,34H,8,10-11,14H2,(H,31,32,35)/t17-/m1/s1. The molecule has 8 nitrogen and oxygen atoms in total. The number of halogens is 3. The van der Waals surface area contributed by atoms with Gasteiger partial charge in [-0.05, 0) is 42.3 Å². The van der Waals surface area contributed by atoms with Gasteiger partial charge in [0.25, 0.3) is 5.91 Å². The normalized spacial score (nSPS) is 15.6. The van der Waals surface area contributed by atoms with E-state index >= 15 is 0 Å². The van der Waals surface area contributed by atoms with Crippen molar-refractivity contribution in [2.24, 2.45) is 0 Å². The van der Waals surface area contributed by atoms with E-state index < -0.39 is 23.8 Å². The molecule has 1 atom stereocenters. The highest BCUT2D eigenvalue weighted by Gasteiger charge is 2.30. The third-order valence-corrected chi connectivity index (χ3v) is 7.04. The van der Waals surface area contributed by atoms with Crippen LogP contribution < -0.4 is 10.1 Å². The number of aliphatic hydroxyl groups excluding tert-OH is 1. The maximum atomic E-state index is 12.8. The van der Waals surface area contributed by atoms with Crippen molar-refractivity contribution in [2.45, 2.75) is 25.1 Å². The number of alkyl halides is 3. The largest absolute Gasteiger partial charge is 0.456 e. The lowest BCUT2D eigenvalue weighted by molar-refractivity contribution is -0.137. The first-order chi connectivity index (χ1) is 18.2. The number of aromatic nitrogens is 2. The number of anilines is 1. The monoisotopic (exact) mass is 542 g/mol. The molecule has 0 spiro atoms. The van der Waals surface area contributed by atoms with E-state index in [2.05, 4.69) is 15.3 Å². The molecule has 38 heavy (non-hydrogen) atoms. The molecule has 1 aliphatic heterocycles. The van der Waals surface area contributed by atoms with Gasteiger partial charge in [0.05, 0.1) is 33.2 Å². The van der Waals surface area contributed by atoms with Gasteiger partial charge in [-0.15, -0.1) is 11.3 Å². The number of β-amino-alcohol motifs (C(OH)–C–C–N with tert-alkyl or cyclic N) is 1. The Kier molecular flexibility index (Phi) is 7.00. The topological polar surface area (TPSA) is 105 Å². The van der Waals surface area contributed by atoms with Crippen LogP contribution in [0, 0.1) is 0 Å². The van der Waals surface area contributed by atoms with Crippen molar-refractivity contribution in [3.63, 3.8) is 0 Å². The fourth-order valence-electron chi connectivity index (χ4n) is 3.99. The molecule has 1 saturated heterocycles. The van der Waals surface area contributed by atoms with Crippen LogP contribution in [0.15, 0.2) is 60.9 Å². The lowest BCUT2D eigenvalue weighted by atomic mass is 10.1. The molecule has 0 radical (unpaired) electrons. The minimum absolute atomic E-state index is 0.00984. The summed E-state index contributed by atoms with van der Waals surface area (Å²) in [7, 11) is 0. The number of aliphatic hydroxyl groups is 1. The Hall–Kier alpha value is -4.03. The summed E-state index contributed by atoms with van der Waals surface area (Å²) >= 11 is 1.27. The van der Waals surface area contributed by atoms with Gasteiger partial charge in [-0.2, -0.15) is 13.2 Å². The van der Waals surface area contributed by atoms with Crippen molar-refractivity contribution in [1.82, 2.24) is 14.9 Å². The smallest absolute Gasteiger partial charge is 0.417 e. The summed E-state index contributed by atoms with van der Waals surface area (Å²) in [5.41, 5.74) is 0.397. The number of nitrogens with zero attached hydrogens (tertiary/aromatic N) is 3. The number of thiophene rings is 1. The van der Waals surface area contributed by atoms with Crippen LogP contribution >= 0.6 is 11.3 Å². The SMILES string of the molecule is O=C(Cc1ccc(Oc2ccnc3cc(C(=O)N4CC[C@@H](O)C4)sc23)cc1)Nc1ccc(C(F)(F)F)cn1. The third-order valence-electron chi connectivity index (χ3n) is 5.91.